The van der Waals surface area contributed by atoms with Gasteiger partial charge in [0.15, 0.2) is 11.5 Å². The average Bonchev–Trinajstić information content (AvgIpc) is 2.95. The van der Waals surface area contributed by atoms with Crippen LogP contribution < -0.4 is 20.6 Å². The van der Waals surface area contributed by atoms with Gasteiger partial charge in [0.2, 0.25) is 11.1 Å². The number of rotatable bonds is 4. The minimum Gasteiger partial charge on any atom is -0.395 e. The second-order valence-corrected chi connectivity index (χ2v) is 5.51. The minimum atomic E-state index is -3.69. The van der Waals surface area contributed by atoms with Crippen LogP contribution in [0, 0.1) is 6.92 Å². The van der Waals surface area contributed by atoms with Crippen LogP contribution in [0.4, 0.5) is 14.5 Å². The second kappa shape index (κ2) is 5.57. The number of nitrogen functional groups attached to an aromatic ring is 1. The summed E-state index contributed by atoms with van der Waals surface area (Å²) in [6.45, 7) is 1.68. The van der Waals surface area contributed by atoms with Crippen molar-refractivity contribution in [3.05, 3.63) is 24.0 Å². The number of nitrogens with one attached hydrogen (secondary N) is 1. The van der Waals surface area contributed by atoms with E-state index in [0.29, 0.717) is 16.7 Å². The lowest BCUT2D eigenvalue weighted by atomic mass is 10.3. The summed E-state index contributed by atoms with van der Waals surface area (Å²) >= 11 is 1.10. The third-order valence-corrected chi connectivity index (χ3v) is 3.80. The molecular weight excluding hydrogens is 332 g/mol. The topological polar surface area (TPSA) is 104 Å². The van der Waals surface area contributed by atoms with Crippen LogP contribution in [0.1, 0.15) is 5.82 Å². The molecule has 0 saturated heterocycles. The van der Waals surface area contributed by atoms with Crippen LogP contribution in [0.3, 0.4) is 0 Å². The van der Waals surface area contributed by atoms with Crippen LogP contribution in [0.5, 0.6) is 11.5 Å². The number of nitrogens with two attached hydrogens (primary N) is 1. The highest BCUT2D eigenvalue weighted by molar-refractivity contribution is 7.99. The molecule has 1 aliphatic heterocycles. The summed E-state index contributed by atoms with van der Waals surface area (Å²) in [5, 5.41) is 10.5. The van der Waals surface area contributed by atoms with Crippen molar-refractivity contribution in [2.24, 2.45) is 0 Å². The highest BCUT2D eigenvalue weighted by atomic mass is 32.2. The van der Waals surface area contributed by atoms with Crippen molar-refractivity contribution in [2.75, 3.05) is 16.9 Å². The number of hydrogen-bond donors (Lipinski definition) is 2. The SMILES string of the molecule is Cc1nnc(SCC(=O)Nc2ccc3c(c2)OC(F)(F)O3)n1N. The molecule has 3 N–H and O–H groups in total. The molecule has 0 spiro atoms. The molecule has 1 amide bonds. The Hall–Kier alpha value is -2.56. The lowest BCUT2D eigenvalue weighted by Gasteiger charge is -2.06. The lowest BCUT2D eigenvalue weighted by molar-refractivity contribution is -0.286. The number of thioether (sulfide) groups is 1. The first kappa shape index (κ1) is 15.3. The maximum absolute atomic E-state index is 12.9. The van der Waals surface area contributed by atoms with Crippen LogP contribution in [-0.4, -0.2) is 32.8 Å². The van der Waals surface area contributed by atoms with Gasteiger partial charge in [0.25, 0.3) is 0 Å². The molecular formula is C12H11F2N5O3S. The first-order chi connectivity index (χ1) is 10.8. The zero-order chi connectivity index (χ0) is 16.6. The number of amides is 1. The maximum atomic E-state index is 12.9. The Kier molecular flexibility index (Phi) is 3.72. The van der Waals surface area contributed by atoms with Gasteiger partial charge >= 0.3 is 6.29 Å². The fourth-order valence-electron chi connectivity index (χ4n) is 1.80. The van der Waals surface area contributed by atoms with E-state index in [9.17, 15) is 13.6 Å². The van der Waals surface area contributed by atoms with Crippen molar-refractivity contribution in [3.8, 4) is 11.5 Å². The summed E-state index contributed by atoms with van der Waals surface area (Å²) in [5.41, 5.74) is 0.307. The summed E-state index contributed by atoms with van der Waals surface area (Å²) < 4.78 is 35.7. The molecule has 0 aliphatic carbocycles. The van der Waals surface area contributed by atoms with Gasteiger partial charge in [-0.15, -0.1) is 19.0 Å². The molecule has 23 heavy (non-hydrogen) atoms. The maximum Gasteiger partial charge on any atom is 0.586 e. The Balaban J connectivity index is 1.60. The first-order valence-electron chi connectivity index (χ1n) is 6.34. The molecule has 0 unspecified atom stereocenters. The van der Waals surface area contributed by atoms with Gasteiger partial charge in [0, 0.05) is 11.8 Å². The smallest absolute Gasteiger partial charge is 0.395 e. The van der Waals surface area contributed by atoms with Crippen molar-refractivity contribution in [1.29, 1.82) is 0 Å². The minimum absolute atomic E-state index is 0.0277. The average molecular weight is 343 g/mol. The third kappa shape index (κ3) is 3.28. The molecule has 3 rings (SSSR count). The molecule has 11 heteroatoms. The number of halogens is 2. The number of aryl methyl sites for hydroxylation is 1. The van der Waals surface area contributed by atoms with Gasteiger partial charge < -0.3 is 20.6 Å². The summed E-state index contributed by atoms with van der Waals surface area (Å²) in [7, 11) is 0. The molecule has 0 bridgehead atoms. The van der Waals surface area contributed by atoms with Gasteiger partial charge in [0.05, 0.1) is 5.75 Å². The molecule has 1 aromatic carbocycles. The van der Waals surface area contributed by atoms with E-state index in [2.05, 4.69) is 25.0 Å². The van der Waals surface area contributed by atoms with Gasteiger partial charge in [-0.3, -0.25) is 4.79 Å². The lowest BCUT2D eigenvalue weighted by Crippen LogP contribution is -2.25. The molecule has 2 heterocycles. The Morgan fingerprint density at radius 3 is 2.83 bits per heavy atom. The number of carbonyl (C=O) groups excluding carboxylic acids is 1. The molecule has 0 radical (unpaired) electrons. The third-order valence-electron chi connectivity index (χ3n) is 2.85. The number of hydrogen-bond acceptors (Lipinski definition) is 7. The Labute approximate surface area is 132 Å². The number of anilines is 1. The van der Waals surface area contributed by atoms with Crippen LogP contribution in [0.2, 0.25) is 0 Å². The van der Waals surface area contributed by atoms with Gasteiger partial charge in [-0.25, -0.2) is 4.68 Å². The molecule has 1 aromatic heterocycles. The van der Waals surface area contributed by atoms with Crippen LogP contribution in [0.25, 0.3) is 0 Å². The van der Waals surface area contributed by atoms with E-state index in [1.807, 2.05) is 0 Å². The van der Waals surface area contributed by atoms with Gasteiger partial charge in [-0.05, 0) is 19.1 Å². The fourth-order valence-corrected chi connectivity index (χ4v) is 2.50. The summed E-state index contributed by atoms with van der Waals surface area (Å²) in [4.78, 5) is 11.9. The normalized spacial score (nSPS) is 14.7. The number of fused-ring (bicyclic) bond motifs is 1. The van der Waals surface area contributed by atoms with Crippen LogP contribution >= 0.6 is 11.8 Å². The number of benzene rings is 1. The van der Waals surface area contributed by atoms with E-state index >= 15 is 0 Å². The quantitative estimate of drug-likeness (QED) is 0.638. The van der Waals surface area contributed by atoms with E-state index < -0.39 is 6.29 Å². The Morgan fingerprint density at radius 2 is 2.13 bits per heavy atom. The number of nitrogens with zero attached hydrogens (tertiary/aromatic N) is 3. The van der Waals surface area contributed by atoms with Crippen molar-refractivity contribution < 1.29 is 23.0 Å². The first-order valence-corrected chi connectivity index (χ1v) is 7.32. The van der Waals surface area contributed by atoms with Crippen molar-refractivity contribution in [2.45, 2.75) is 18.4 Å². The molecule has 8 nitrogen and oxygen atoms in total. The number of carbonyl (C=O) groups is 1. The van der Waals surface area contributed by atoms with Gasteiger partial charge in [-0.1, -0.05) is 11.8 Å². The van der Waals surface area contributed by atoms with Crippen LogP contribution in [-0.2, 0) is 4.79 Å². The van der Waals surface area contributed by atoms with E-state index in [0.717, 1.165) is 11.8 Å². The predicted octanol–water partition coefficient (Wildman–Crippen LogP) is 1.35. The number of ether oxygens (including phenoxy) is 2. The van der Waals surface area contributed by atoms with Gasteiger partial charge in [0.1, 0.15) is 5.82 Å². The highest BCUT2D eigenvalue weighted by Gasteiger charge is 2.43. The van der Waals surface area contributed by atoms with E-state index in [-0.39, 0.29) is 23.2 Å². The number of aromatic nitrogens is 3. The van der Waals surface area contributed by atoms with Gasteiger partial charge in [-0.2, -0.15) is 0 Å². The van der Waals surface area contributed by atoms with E-state index in [1.54, 1.807) is 6.92 Å². The Morgan fingerprint density at radius 1 is 1.39 bits per heavy atom. The summed E-state index contributed by atoms with van der Waals surface area (Å²) in [5.74, 6) is 5.62. The fraction of sp³-hybridized carbons (Fsp3) is 0.250. The number of alkyl halides is 2. The largest absolute Gasteiger partial charge is 0.586 e. The van der Waals surface area contributed by atoms with Crippen molar-refractivity contribution in [1.82, 2.24) is 14.9 Å². The van der Waals surface area contributed by atoms with Crippen LogP contribution in [0.15, 0.2) is 23.4 Å². The highest BCUT2D eigenvalue weighted by Crippen LogP contribution is 2.42. The van der Waals surface area contributed by atoms with Crippen molar-refractivity contribution >= 4 is 23.4 Å². The standard InChI is InChI=1S/C12H11F2N5O3S/c1-6-17-18-11(19(6)15)23-5-10(20)16-7-2-3-8-9(4-7)22-12(13,14)21-8/h2-4H,5,15H2,1H3,(H,16,20). The van der Waals surface area contributed by atoms with E-state index in [4.69, 9.17) is 5.84 Å². The van der Waals surface area contributed by atoms with Crippen molar-refractivity contribution in [3.63, 3.8) is 0 Å². The molecule has 2 aromatic rings. The summed E-state index contributed by atoms with van der Waals surface area (Å²) in [6, 6.07) is 3.98. The molecule has 0 saturated carbocycles. The zero-order valence-corrected chi connectivity index (χ0v) is 12.6. The predicted molar refractivity (Wildman–Crippen MR) is 76.9 cm³/mol. The molecule has 122 valence electrons. The molecule has 0 fully saturated rings. The van der Waals surface area contributed by atoms with E-state index in [1.165, 1.54) is 22.9 Å². The molecule has 1 aliphatic rings. The molecule has 0 atom stereocenters. The summed E-state index contributed by atoms with van der Waals surface area (Å²) in [6.07, 6.45) is -3.69. The Bertz CT molecular complexity index is 767. The second-order valence-electron chi connectivity index (χ2n) is 4.57. The monoisotopic (exact) mass is 343 g/mol. The zero-order valence-electron chi connectivity index (χ0n) is 11.7.